The van der Waals surface area contributed by atoms with Gasteiger partial charge in [0.15, 0.2) is 0 Å². The van der Waals surface area contributed by atoms with Crippen LogP contribution in [0, 0.1) is 17.8 Å². The van der Waals surface area contributed by atoms with Crippen molar-refractivity contribution in [1.82, 2.24) is 0 Å². The van der Waals surface area contributed by atoms with Crippen molar-refractivity contribution in [2.24, 2.45) is 17.8 Å². The summed E-state index contributed by atoms with van der Waals surface area (Å²) in [4.78, 5) is 0. The van der Waals surface area contributed by atoms with Crippen molar-refractivity contribution in [3.8, 4) is 0 Å². The van der Waals surface area contributed by atoms with E-state index < -0.39 is 0 Å². The third kappa shape index (κ3) is 7.17. The molecule has 2 fully saturated rings. The Labute approximate surface area is 165 Å². The summed E-state index contributed by atoms with van der Waals surface area (Å²) in [5.74, 6) is 3.11. The Hall–Kier alpha value is -0.0400. The van der Waals surface area contributed by atoms with Crippen LogP contribution in [-0.4, -0.2) is 12.7 Å². The van der Waals surface area contributed by atoms with Crippen LogP contribution < -0.4 is 0 Å². The number of unbranched alkanes of at least 4 members (excludes halogenated alkanes) is 6. The van der Waals surface area contributed by atoms with Crippen LogP contribution in [0.2, 0.25) is 0 Å². The molecular formula is C25H48O. The van der Waals surface area contributed by atoms with Crippen LogP contribution in [0.5, 0.6) is 0 Å². The largest absolute Gasteiger partial charge is 0.378 e. The maximum atomic E-state index is 6.09. The summed E-state index contributed by atoms with van der Waals surface area (Å²) < 4.78 is 6.09. The van der Waals surface area contributed by atoms with Gasteiger partial charge in [-0.05, 0) is 62.7 Å². The lowest BCUT2D eigenvalue weighted by atomic mass is 9.67. The van der Waals surface area contributed by atoms with Crippen LogP contribution in [0.25, 0.3) is 0 Å². The second kappa shape index (κ2) is 12.4. The highest BCUT2D eigenvalue weighted by Gasteiger charge is 2.38. The molecular weight excluding hydrogens is 316 g/mol. The minimum Gasteiger partial charge on any atom is -0.378 e. The molecule has 0 aromatic carbocycles. The van der Waals surface area contributed by atoms with Crippen molar-refractivity contribution in [2.75, 3.05) is 7.11 Å². The fourth-order valence-electron chi connectivity index (χ4n) is 5.88. The molecule has 0 saturated heterocycles. The number of ether oxygens (including phenoxy) is 1. The summed E-state index contributed by atoms with van der Waals surface area (Å²) in [6.07, 6.45) is 25.7. The summed E-state index contributed by atoms with van der Waals surface area (Å²) >= 11 is 0. The van der Waals surface area contributed by atoms with Gasteiger partial charge in [-0.1, -0.05) is 84.5 Å². The molecule has 2 aliphatic carbocycles. The molecule has 0 unspecified atom stereocenters. The molecule has 0 aromatic rings. The molecule has 0 bridgehead atoms. The summed E-state index contributed by atoms with van der Waals surface area (Å²) in [5.41, 5.74) is 0.236. The maximum absolute atomic E-state index is 6.09. The van der Waals surface area contributed by atoms with Gasteiger partial charge in [0, 0.05) is 7.11 Å². The molecule has 0 aromatic heterocycles. The van der Waals surface area contributed by atoms with Crippen molar-refractivity contribution in [2.45, 2.75) is 135 Å². The van der Waals surface area contributed by atoms with E-state index in [4.69, 9.17) is 4.74 Å². The Morgan fingerprint density at radius 2 is 1.27 bits per heavy atom. The summed E-state index contributed by atoms with van der Waals surface area (Å²) in [5, 5.41) is 0. The van der Waals surface area contributed by atoms with Crippen LogP contribution in [0.15, 0.2) is 0 Å². The van der Waals surface area contributed by atoms with Crippen LogP contribution in [0.3, 0.4) is 0 Å². The summed E-state index contributed by atoms with van der Waals surface area (Å²) in [6.45, 7) is 4.63. The van der Waals surface area contributed by atoms with E-state index >= 15 is 0 Å². The van der Waals surface area contributed by atoms with E-state index in [-0.39, 0.29) is 5.60 Å². The first-order valence-electron chi connectivity index (χ1n) is 12.3. The van der Waals surface area contributed by atoms with E-state index in [1.54, 1.807) is 0 Å². The summed E-state index contributed by atoms with van der Waals surface area (Å²) in [6, 6.07) is 0. The Balaban J connectivity index is 1.65. The zero-order valence-electron chi connectivity index (χ0n) is 18.4. The molecule has 1 heteroatoms. The molecule has 0 spiro atoms. The molecule has 2 saturated carbocycles. The molecule has 2 rings (SSSR count). The third-order valence-electron chi connectivity index (χ3n) is 7.88. The molecule has 0 heterocycles. The van der Waals surface area contributed by atoms with Crippen LogP contribution in [0.4, 0.5) is 0 Å². The highest BCUT2D eigenvalue weighted by molar-refractivity contribution is 4.90. The molecule has 154 valence electrons. The zero-order valence-corrected chi connectivity index (χ0v) is 18.4. The molecule has 0 atom stereocenters. The predicted octanol–water partition coefficient (Wildman–Crippen LogP) is 8.31. The van der Waals surface area contributed by atoms with Gasteiger partial charge < -0.3 is 4.74 Å². The van der Waals surface area contributed by atoms with Gasteiger partial charge in [0.25, 0.3) is 0 Å². The molecule has 1 nitrogen and oxygen atoms in total. The van der Waals surface area contributed by atoms with E-state index in [1.807, 2.05) is 7.11 Å². The highest BCUT2D eigenvalue weighted by atomic mass is 16.5. The minimum atomic E-state index is 0.236. The topological polar surface area (TPSA) is 9.23 Å². The number of methoxy groups -OCH3 is 1. The van der Waals surface area contributed by atoms with Crippen molar-refractivity contribution in [3.05, 3.63) is 0 Å². The first-order chi connectivity index (χ1) is 12.7. The smallest absolute Gasteiger partial charge is 0.0679 e. The van der Waals surface area contributed by atoms with Gasteiger partial charge in [0.2, 0.25) is 0 Å². The minimum absolute atomic E-state index is 0.236. The van der Waals surface area contributed by atoms with Crippen molar-refractivity contribution >= 4 is 0 Å². The SMILES string of the molecule is CCCCCCC[C@]1(OC)CC[C@@H](C2CCC(CCCCC)CC2)CC1. The Morgan fingerprint density at radius 1 is 0.692 bits per heavy atom. The van der Waals surface area contributed by atoms with Gasteiger partial charge in [-0.15, -0.1) is 0 Å². The number of hydrogen-bond donors (Lipinski definition) is 0. The number of hydrogen-bond acceptors (Lipinski definition) is 1. The lowest BCUT2D eigenvalue weighted by Crippen LogP contribution is -2.38. The molecule has 0 amide bonds. The van der Waals surface area contributed by atoms with Crippen molar-refractivity contribution in [1.29, 1.82) is 0 Å². The van der Waals surface area contributed by atoms with Crippen LogP contribution in [-0.2, 0) is 4.74 Å². The van der Waals surface area contributed by atoms with Gasteiger partial charge in [-0.3, -0.25) is 0 Å². The molecule has 0 radical (unpaired) electrons. The van der Waals surface area contributed by atoms with Gasteiger partial charge in [0.05, 0.1) is 5.60 Å². The Bertz CT molecular complexity index is 334. The first kappa shape index (κ1) is 22.3. The molecule has 0 N–H and O–H groups in total. The highest BCUT2D eigenvalue weighted by Crippen LogP contribution is 2.45. The fourth-order valence-corrected chi connectivity index (χ4v) is 5.88. The normalized spacial score (nSPS) is 32.7. The molecule has 0 aliphatic heterocycles. The van der Waals surface area contributed by atoms with Crippen LogP contribution >= 0.6 is 0 Å². The van der Waals surface area contributed by atoms with Gasteiger partial charge >= 0.3 is 0 Å². The first-order valence-corrected chi connectivity index (χ1v) is 12.3. The monoisotopic (exact) mass is 364 g/mol. The fraction of sp³-hybridized carbons (Fsp3) is 1.00. The average Bonchev–Trinajstić information content (AvgIpc) is 2.69. The predicted molar refractivity (Wildman–Crippen MR) is 115 cm³/mol. The van der Waals surface area contributed by atoms with Crippen LogP contribution in [0.1, 0.15) is 129 Å². The van der Waals surface area contributed by atoms with Crippen molar-refractivity contribution in [3.63, 3.8) is 0 Å². The Kier molecular flexibility index (Phi) is 10.6. The van der Waals surface area contributed by atoms with E-state index in [9.17, 15) is 0 Å². The number of rotatable bonds is 12. The Morgan fingerprint density at radius 3 is 1.88 bits per heavy atom. The van der Waals surface area contributed by atoms with E-state index in [1.165, 1.54) is 116 Å². The second-order valence-electron chi connectivity index (χ2n) is 9.67. The maximum Gasteiger partial charge on any atom is 0.0679 e. The van der Waals surface area contributed by atoms with E-state index in [2.05, 4.69) is 13.8 Å². The van der Waals surface area contributed by atoms with Gasteiger partial charge in [-0.25, -0.2) is 0 Å². The standard InChI is InChI=1S/C25H48O/c1-4-6-8-9-11-19-25(26-3)20-17-24(18-21-25)23-15-13-22(14-16-23)12-10-7-5-2/h22-24H,4-21H2,1-3H3/t22?,23?,24-,25+. The van der Waals surface area contributed by atoms with E-state index in [0.717, 1.165) is 17.8 Å². The second-order valence-corrected chi connectivity index (χ2v) is 9.67. The lowest BCUT2D eigenvalue weighted by molar-refractivity contribution is -0.0639. The zero-order chi connectivity index (χ0) is 18.7. The quantitative estimate of drug-likeness (QED) is 0.316. The average molecular weight is 365 g/mol. The lowest BCUT2D eigenvalue weighted by Gasteiger charge is -2.43. The van der Waals surface area contributed by atoms with Gasteiger partial charge in [0.1, 0.15) is 0 Å². The molecule has 2 aliphatic rings. The van der Waals surface area contributed by atoms with Crippen molar-refractivity contribution < 1.29 is 4.74 Å². The summed E-state index contributed by atoms with van der Waals surface area (Å²) in [7, 11) is 1.98. The third-order valence-corrected chi connectivity index (χ3v) is 7.88. The van der Waals surface area contributed by atoms with Gasteiger partial charge in [-0.2, -0.15) is 0 Å². The van der Waals surface area contributed by atoms with E-state index in [0.29, 0.717) is 0 Å². The molecule has 26 heavy (non-hydrogen) atoms.